The molecule has 4 aromatic rings. The Morgan fingerprint density at radius 1 is 0.635 bits per heavy atom. The molecule has 4 saturated heterocycles. The Bertz CT molecular complexity index is 2250. The molecule has 2 amide bonds. The normalized spacial score (nSPS) is 20.9. The molecule has 0 radical (unpaired) electrons. The lowest BCUT2D eigenvalue weighted by Crippen LogP contribution is -2.36. The van der Waals surface area contributed by atoms with Gasteiger partial charge in [-0.3, -0.25) is 9.80 Å². The minimum Gasteiger partial charge on any atom is -0.478 e. The van der Waals surface area contributed by atoms with Gasteiger partial charge in [0.1, 0.15) is 5.60 Å². The number of aromatic nitrogens is 4. The first-order chi connectivity index (χ1) is 29.6. The van der Waals surface area contributed by atoms with Gasteiger partial charge in [-0.05, 0) is 79.8 Å². The third kappa shape index (κ3) is 12.6. The first kappa shape index (κ1) is 47.0. The Kier molecular flexibility index (Phi) is 14.5. The van der Waals surface area contributed by atoms with Crippen molar-refractivity contribution in [1.29, 1.82) is 0 Å². The van der Waals surface area contributed by atoms with Crippen molar-refractivity contribution in [3.05, 3.63) is 106 Å². The second-order valence-electron chi connectivity index (χ2n) is 17.0. The van der Waals surface area contributed by atoms with Gasteiger partial charge < -0.3 is 24.7 Å². The number of nitrogens with zero attached hydrogens (tertiary/aromatic N) is 8. The van der Waals surface area contributed by atoms with E-state index in [2.05, 4.69) is 32.1 Å². The summed E-state index contributed by atoms with van der Waals surface area (Å²) in [5.41, 5.74) is 2.20. The predicted molar refractivity (Wildman–Crippen MR) is 222 cm³/mol. The maximum atomic E-state index is 12.9. The van der Waals surface area contributed by atoms with Crippen LogP contribution >= 0.6 is 23.2 Å². The van der Waals surface area contributed by atoms with E-state index in [9.17, 15) is 32.3 Å². The number of hydrogen-bond acceptors (Lipinski definition) is 10. The van der Waals surface area contributed by atoms with Gasteiger partial charge in [-0.25, -0.2) is 24.0 Å². The molecule has 2 N–H and O–H groups in total. The summed E-state index contributed by atoms with van der Waals surface area (Å²) >= 11 is 11.9. The van der Waals surface area contributed by atoms with Gasteiger partial charge in [0, 0.05) is 75.5 Å². The van der Waals surface area contributed by atoms with Gasteiger partial charge in [-0.1, -0.05) is 47.5 Å². The van der Waals surface area contributed by atoms with Gasteiger partial charge in [0.25, 0.3) is 0 Å². The molecule has 16 nitrogen and oxygen atoms in total. The highest BCUT2D eigenvalue weighted by Crippen LogP contribution is 2.34. The average Bonchev–Trinajstić information content (AvgIpc) is 4.06. The number of likely N-dealkylation sites (tertiary alicyclic amines) is 4. The number of carbonyl (C=O) groups is 5. The van der Waals surface area contributed by atoms with E-state index in [1.54, 1.807) is 25.7 Å². The van der Waals surface area contributed by atoms with E-state index in [1.807, 2.05) is 41.3 Å². The minimum atomic E-state index is -5.08. The van der Waals surface area contributed by atoms with E-state index >= 15 is 0 Å². The number of esters is 1. The van der Waals surface area contributed by atoms with Gasteiger partial charge in [0.15, 0.2) is 0 Å². The van der Waals surface area contributed by atoms with Crippen LogP contribution in [0.2, 0.25) is 10.0 Å². The van der Waals surface area contributed by atoms with Crippen LogP contribution in [0.4, 0.5) is 22.8 Å². The number of halogens is 5. The number of alkyl halides is 3. The van der Waals surface area contributed by atoms with E-state index in [-0.39, 0.29) is 23.2 Å². The number of aliphatic carboxylic acids is 1. The lowest BCUT2D eigenvalue weighted by Gasteiger charge is -2.21. The number of carboxylic acids is 2. The third-order valence-corrected chi connectivity index (χ3v) is 11.5. The summed E-state index contributed by atoms with van der Waals surface area (Å²) in [6, 6.07) is 15.4. The molecule has 4 aliphatic rings. The van der Waals surface area contributed by atoms with Crippen LogP contribution in [0.15, 0.2) is 73.3 Å². The summed E-state index contributed by atoms with van der Waals surface area (Å²) in [4.78, 5) is 65.8. The second kappa shape index (κ2) is 19.5. The number of carboxylic acid groups (broad SMARTS) is 2. The standard InChI is InChI=1S/C22H27ClN4O3.C18H19ClN4O3.C2HF3O2/c1-22(2,3)30-20(28)16-8-24-27(14-16)21(29)26-12-17-10-25(11-18(17)13-26)9-15-4-6-19(23)7-5-15;19-16-3-1-12(2-4-16)6-21-7-14-9-22(10-15(14)8-21)18(26)23-11-13(5-20-23)17(24)25;3-2(4,5)1(6)7/h4-8,14,17-18H,9-13H2,1-3H3;1-5,11,14-15H,6-10H2,(H,24,25);(H,6,7). The minimum absolute atomic E-state index is 0.0203. The van der Waals surface area contributed by atoms with E-state index in [1.165, 1.54) is 40.6 Å². The number of fused-ring (bicyclic) bond motifs is 2. The summed E-state index contributed by atoms with van der Waals surface area (Å²) in [6.07, 6.45) is 0.227. The molecule has 338 valence electrons. The molecule has 63 heavy (non-hydrogen) atoms. The van der Waals surface area contributed by atoms with Gasteiger partial charge in [0.05, 0.1) is 35.9 Å². The summed E-state index contributed by atoms with van der Waals surface area (Å²) < 4.78 is 39.4. The summed E-state index contributed by atoms with van der Waals surface area (Å²) in [7, 11) is 0. The molecule has 4 atom stereocenters. The average molecular weight is 920 g/mol. The first-order valence-electron chi connectivity index (χ1n) is 20.0. The van der Waals surface area contributed by atoms with Crippen molar-refractivity contribution in [3.63, 3.8) is 0 Å². The molecular weight excluding hydrogens is 872 g/mol. The zero-order valence-electron chi connectivity index (χ0n) is 34.6. The highest BCUT2D eigenvalue weighted by atomic mass is 35.5. The molecule has 8 rings (SSSR count). The topological polar surface area (TPSA) is 184 Å². The van der Waals surface area contributed by atoms with Crippen molar-refractivity contribution in [2.24, 2.45) is 23.7 Å². The molecule has 2 aromatic carbocycles. The van der Waals surface area contributed by atoms with Crippen LogP contribution in [-0.4, -0.2) is 143 Å². The van der Waals surface area contributed by atoms with E-state index in [0.717, 1.165) is 54.0 Å². The van der Waals surface area contributed by atoms with Crippen molar-refractivity contribution in [2.75, 3.05) is 52.4 Å². The Balaban J connectivity index is 0.000000184. The van der Waals surface area contributed by atoms with Crippen molar-refractivity contribution in [3.8, 4) is 0 Å². The number of hydrogen-bond donors (Lipinski definition) is 2. The van der Waals surface area contributed by atoms with E-state index in [4.69, 9.17) is 42.9 Å². The van der Waals surface area contributed by atoms with Gasteiger partial charge in [-0.15, -0.1) is 0 Å². The zero-order valence-corrected chi connectivity index (χ0v) is 36.1. The van der Waals surface area contributed by atoms with Gasteiger partial charge in [0.2, 0.25) is 0 Å². The molecule has 0 spiro atoms. The molecule has 0 aliphatic carbocycles. The fraction of sp³-hybridized carbons (Fsp3) is 0.452. The van der Waals surface area contributed by atoms with Gasteiger partial charge in [-0.2, -0.15) is 32.7 Å². The summed E-state index contributed by atoms with van der Waals surface area (Å²) in [5.74, 6) is -2.50. The molecule has 4 unspecified atom stereocenters. The summed E-state index contributed by atoms with van der Waals surface area (Å²) in [6.45, 7) is 13.8. The Labute approximate surface area is 370 Å². The van der Waals surface area contributed by atoms with Crippen LogP contribution in [-0.2, 0) is 22.6 Å². The number of rotatable bonds is 6. The maximum Gasteiger partial charge on any atom is 0.490 e. The number of amides is 2. The van der Waals surface area contributed by atoms with Crippen molar-refractivity contribution < 1.29 is 52.1 Å². The lowest BCUT2D eigenvalue weighted by atomic mass is 10.0. The molecule has 0 saturated carbocycles. The fourth-order valence-corrected chi connectivity index (χ4v) is 8.40. The van der Waals surface area contributed by atoms with Crippen LogP contribution in [0, 0.1) is 23.7 Å². The smallest absolute Gasteiger partial charge is 0.478 e. The van der Waals surface area contributed by atoms with E-state index < -0.39 is 29.7 Å². The molecule has 2 aromatic heterocycles. The van der Waals surface area contributed by atoms with E-state index in [0.29, 0.717) is 49.9 Å². The number of carbonyl (C=O) groups excluding carboxylic acids is 3. The maximum absolute atomic E-state index is 12.9. The quantitative estimate of drug-likeness (QED) is 0.203. The number of ether oxygens (including phenoxy) is 1. The number of benzene rings is 2. The van der Waals surface area contributed by atoms with Crippen LogP contribution < -0.4 is 0 Å². The molecule has 21 heteroatoms. The Hall–Kier alpha value is -5.50. The lowest BCUT2D eigenvalue weighted by molar-refractivity contribution is -0.192. The largest absolute Gasteiger partial charge is 0.490 e. The summed E-state index contributed by atoms with van der Waals surface area (Å²) in [5, 5.41) is 25.5. The third-order valence-electron chi connectivity index (χ3n) is 11.0. The van der Waals surface area contributed by atoms with Crippen molar-refractivity contribution in [1.82, 2.24) is 39.2 Å². The molecule has 4 aliphatic heterocycles. The van der Waals surface area contributed by atoms with Gasteiger partial charge >= 0.3 is 36.1 Å². The predicted octanol–water partition coefficient (Wildman–Crippen LogP) is 6.42. The SMILES string of the molecule is CC(C)(C)OC(=O)c1cnn(C(=O)N2CC3CN(Cc4ccc(Cl)cc4)CC3C2)c1.O=C(O)C(F)(F)F.O=C(O)c1cnn(C(=O)N2CC3CN(Cc4ccc(Cl)cc4)CC3C2)c1. The number of aromatic carboxylic acids is 1. The molecule has 0 bridgehead atoms. The first-order valence-corrected chi connectivity index (χ1v) is 20.8. The van der Waals surface area contributed by atoms with Crippen LogP contribution in [0.3, 0.4) is 0 Å². The van der Waals surface area contributed by atoms with Crippen LogP contribution in [0.1, 0.15) is 52.6 Å². The Morgan fingerprint density at radius 3 is 1.30 bits per heavy atom. The Morgan fingerprint density at radius 2 is 0.984 bits per heavy atom. The second-order valence-corrected chi connectivity index (χ2v) is 17.9. The van der Waals surface area contributed by atoms with Crippen molar-refractivity contribution in [2.45, 2.75) is 45.6 Å². The van der Waals surface area contributed by atoms with Crippen LogP contribution in [0.25, 0.3) is 0 Å². The van der Waals surface area contributed by atoms with Crippen LogP contribution in [0.5, 0.6) is 0 Å². The molecule has 6 heterocycles. The monoisotopic (exact) mass is 918 g/mol. The zero-order chi connectivity index (χ0) is 45.8. The molecule has 4 fully saturated rings. The fourth-order valence-electron chi connectivity index (χ4n) is 8.14. The highest BCUT2D eigenvalue weighted by Gasteiger charge is 2.43. The molecular formula is C42H47Cl2F3N8O8. The highest BCUT2D eigenvalue weighted by molar-refractivity contribution is 6.30. The van der Waals surface area contributed by atoms with Crippen molar-refractivity contribution >= 4 is 53.2 Å².